The van der Waals surface area contributed by atoms with Crippen molar-refractivity contribution in [1.29, 1.82) is 0 Å². The summed E-state index contributed by atoms with van der Waals surface area (Å²) in [6.45, 7) is 5.20. The molecule has 0 saturated carbocycles. The van der Waals surface area contributed by atoms with Gasteiger partial charge in [-0.25, -0.2) is 0 Å². The normalized spacial score (nSPS) is 26.4. The van der Waals surface area contributed by atoms with Crippen LogP contribution in [0.4, 0.5) is 0 Å². The van der Waals surface area contributed by atoms with Crippen molar-refractivity contribution < 1.29 is 43.8 Å². The number of ether oxygens (including phenoxy) is 4. The minimum Gasteiger partial charge on any atom is -0.507 e. The zero-order valence-corrected chi connectivity index (χ0v) is 20.7. The molecule has 2 aliphatic heterocycles. The molecule has 4 N–H and O–H groups in total. The summed E-state index contributed by atoms with van der Waals surface area (Å²) in [6.07, 6.45) is -3.42. The van der Waals surface area contributed by atoms with Crippen molar-refractivity contribution in [3.63, 3.8) is 0 Å². The largest absolute Gasteiger partial charge is 0.507 e. The third-order valence-corrected chi connectivity index (χ3v) is 6.52. The second kappa shape index (κ2) is 9.07. The summed E-state index contributed by atoms with van der Waals surface area (Å²) < 4.78 is 28.8. The fraction of sp³-hybridized carbons (Fsp3) is 0.370. The molecule has 10 heteroatoms. The first-order valence-electron chi connectivity index (χ1n) is 11.8. The molecular weight excluding hydrogens is 484 g/mol. The standard InChI is InChI=1S/C27H28O10/c1-12-19(29)21(31)22(32)26(34-12)36-25-20(30)18-16(28)11-17-15(9-10-27(2,3)37-17)24(18)35-23(25)13-5-7-14(33-4)8-6-13/h5-12,19,21-22,26,28-29,31-32H,1-4H3/t12?,19-,21?,22-,26-/m0/s1. The zero-order valence-electron chi connectivity index (χ0n) is 20.7. The van der Waals surface area contributed by atoms with Gasteiger partial charge in [-0.2, -0.15) is 0 Å². The van der Waals surface area contributed by atoms with Gasteiger partial charge in [0, 0.05) is 11.6 Å². The van der Waals surface area contributed by atoms with Gasteiger partial charge >= 0.3 is 0 Å². The molecule has 1 saturated heterocycles. The van der Waals surface area contributed by atoms with Gasteiger partial charge in [-0.1, -0.05) is 0 Å². The number of aliphatic hydroxyl groups excluding tert-OH is 3. The molecule has 10 nitrogen and oxygen atoms in total. The molecule has 2 aromatic carbocycles. The van der Waals surface area contributed by atoms with Crippen LogP contribution in [-0.4, -0.2) is 63.8 Å². The summed E-state index contributed by atoms with van der Waals surface area (Å²) >= 11 is 0. The van der Waals surface area contributed by atoms with E-state index in [4.69, 9.17) is 23.4 Å². The van der Waals surface area contributed by atoms with Gasteiger partial charge in [0.25, 0.3) is 0 Å². The third-order valence-electron chi connectivity index (χ3n) is 6.52. The highest BCUT2D eigenvalue weighted by atomic mass is 16.7. The molecule has 2 aliphatic rings. The molecule has 2 unspecified atom stereocenters. The van der Waals surface area contributed by atoms with E-state index in [1.165, 1.54) is 20.1 Å². The minimum absolute atomic E-state index is 0.00440. The Hall–Kier alpha value is -3.57. The number of benzene rings is 2. The SMILES string of the molecule is COc1ccc(-c2oc3c4c(cc(O)c3c(=O)c2O[C@@H]2OC(C)[C@H](O)C(O)[C@@H]2O)OC(C)(C)C=C4)cc1. The highest BCUT2D eigenvalue weighted by molar-refractivity contribution is 5.95. The number of phenols is 1. The average molecular weight is 513 g/mol. The van der Waals surface area contributed by atoms with E-state index < -0.39 is 41.7 Å². The van der Waals surface area contributed by atoms with Gasteiger partial charge in [0.15, 0.2) is 11.3 Å². The summed E-state index contributed by atoms with van der Waals surface area (Å²) in [5, 5.41) is 41.4. The quantitative estimate of drug-likeness (QED) is 0.411. The number of aromatic hydroxyl groups is 1. The van der Waals surface area contributed by atoms with Gasteiger partial charge in [0.05, 0.1) is 18.8 Å². The van der Waals surface area contributed by atoms with E-state index in [2.05, 4.69) is 0 Å². The summed E-state index contributed by atoms with van der Waals surface area (Å²) in [6, 6.07) is 7.98. The molecule has 0 aliphatic carbocycles. The van der Waals surface area contributed by atoms with Gasteiger partial charge in [-0.15, -0.1) is 0 Å². The Kier molecular flexibility index (Phi) is 6.15. The van der Waals surface area contributed by atoms with Crippen LogP contribution < -0.4 is 19.6 Å². The van der Waals surface area contributed by atoms with E-state index >= 15 is 0 Å². The van der Waals surface area contributed by atoms with Gasteiger partial charge in [0.1, 0.15) is 46.5 Å². The summed E-state index contributed by atoms with van der Waals surface area (Å²) in [7, 11) is 1.52. The molecule has 3 aromatic rings. The number of hydrogen-bond donors (Lipinski definition) is 4. The van der Waals surface area contributed by atoms with Gasteiger partial charge in [-0.05, 0) is 57.2 Å². The van der Waals surface area contributed by atoms with Crippen molar-refractivity contribution in [2.24, 2.45) is 0 Å². The maximum absolute atomic E-state index is 13.8. The number of rotatable bonds is 4. The van der Waals surface area contributed by atoms with Crippen molar-refractivity contribution in [2.75, 3.05) is 7.11 Å². The molecular formula is C27H28O10. The second-order valence-corrected chi connectivity index (χ2v) is 9.67. The van der Waals surface area contributed by atoms with Crippen molar-refractivity contribution >= 4 is 17.0 Å². The van der Waals surface area contributed by atoms with E-state index in [0.29, 0.717) is 22.6 Å². The van der Waals surface area contributed by atoms with Crippen molar-refractivity contribution in [3.05, 3.63) is 52.2 Å². The van der Waals surface area contributed by atoms with Crippen LogP contribution in [-0.2, 0) is 4.74 Å². The van der Waals surface area contributed by atoms with Crippen LogP contribution in [0, 0.1) is 0 Å². The Morgan fingerprint density at radius 3 is 2.41 bits per heavy atom. The lowest BCUT2D eigenvalue weighted by atomic mass is 9.99. The maximum Gasteiger partial charge on any atom is 0.239 e. The Balaban J connectivity index is 1.73. The van der Waals surface area contributed by atoms with Crippen molar-refractivity contribution in [1.82, 2.24) is 0 Å². The molecule has 3 heterocycles. The number of aliphatic hydroxyl groups is 3. The molecule has 1 fully saturated rings. The van der Waals surface area contributed by atoms with Crippen LogP contribution in [0.15, 0.2) is 45.6 Å². The topological polar surface area (TPSA) is 148 Å². The monoisotopic (exact) mass is 512 g/mol. The van der Waals surface area contributed by atoms with Crippen LogP contribution in [0.25, 0.3) is 28.4 Å². The number of methoxy groups -OCH3 is 1. The fourth-order valence-corrected chi connectivity index (χ4v) is 4.44. The first-order chi connectivity index (χ1) is 17.5. The van der Waals surface area contributed by atoms with Crippen molar-refractivity contribution in [2.45, 2.75) is 57.1 Å². The van der Waals surface area contributed by atoms with Crippen molar-refractivity contribution in [3.8, 4) is 34.3 Å². The smallest absolute Gasteiger partial charge is 0.239 e. The predicted molar refractivity (Wildman–Crippen MR) is 133 cm³/mol. The van der Waals surface area contributed by atoms with Crippen LogP contribution in [0.2, 0.25) is 0 Å². The average Bonchev–Trinajstić information content (AvgIpc) is 2.86. The lowest BCUT2D eigenvalue weighted by molar-refractivity contribution is -0.268. The summed E-state index contributed by atoms with van der Waals surface area (Å²) in [5.74, 6) is 0.171. The van der Waals surface area contributed by atoms with E-state index in [1.54, 1.807) is 30.3 Å². The summed E-state index contributed by atoms with van der Waals surface area (Å²) in [4.78, 5) is 13.8. The highest BCUT2D eigenvalue weighted by Gasteiger charge is 2.44. The van der Waals surface area contributed by atoms with Crippen LogP contribution in [0.1, 0.15) is 26.3 Å². The second-order valence-electron chi connectivity index (χ2n) is 9.67. The molecule has 0 radical (unpaired) electrons. The molecule has 0 spiro atoms. The Morgan fingerprint density at radius 1 is 1.03 bits per heavy atom. The first kappa shape index (κ1) is 25.1. The van der Waals surface area contributed by atoms with E-state index in [9.17, 15) is 25.2 Å². The molecule has 5 atom stereocenters. The Labute approximate surface area is 211 Å². The lowest BCUT2D eigenvalue weighted by Crippen LogP contribution is -2.58. The lowest BCUT2D eigenvalue weighted by Gasteiger charge is -2.38. The molecule has 37 heavy (non-hydrogen) atoms. The number of hydrogen-bond acceptors (Lipinski definition) is 10. The number of fused-ring (bicyclic) bond motifs is 3. The molecule has 1 aromatic heterocycles. The molecule has 0 bridgehead atoms. The molecule has 196 valence electrons. The molecule has 5 rings (SSSR count). The number of phenolic OH excluding ortho intramolecular Hbond substituents is 1. The molecule has 0 amide bonds. The zero-order chi connectivity index (χ0) is 26.6. The van der Waals surface area contributed by atoms with Crippen LogP contribution in [0.3, 0.4) is 0 Å². The fourth-order valence-electron chi connectivity index (χ4n) is 4.44. The first-order valence-corrected chi connectivity index (χ1v) is 11.8. The van der Waals surface area contributed by atoms with E-state index in [1.807, 2.05) is 19.9 Å². The van der Waals surface area contributed by atoms with Crippen LogP contribution >= 0.6 is 0 Å². The van der Waals surface area contributed by atoms with Crippen LogP contribution in [0.5, 0.6) is 23.0 Å². The van der Waals surface area contributed by atoms with E-state index in [0.717, 1.165) is 0 Å². The Bertz CT molecular complexity index is 1420. The minimum atomic E-state index is -1.67. The Morgan fingerprint density at radius 2 is 1.73 bits per heavy atom. The highest BCUT2D eigenvalue weighted by Crippen LogP contribution is 2.43. The maximum atomic E-state index is 13.8. The van der Waals surface area contributed by atoms with Gasteiger partial charge in [0.2, 0.25) is 17.5 Å². The predicted octanol–water partition coefficient (Wildman–Crippen LogP) is 2.56. The van der Waals surface area contributed by atoms with Gasteiger partial charge in [-0.3, -0.25) is 4.79 Å². The third kappa shape index (κ3) is 4.31. The summed E-state index contributed by atoms with van der Waals surface area (Å²) in [5.41, 5.74) is -0.377. The van der Waals surface area contributed by atoms with E-state index in [-0.39, 0.29) is 28.2 Å². The van der Waals surface area contributed by atoms with Gasteiger partial charge < -0.3 is 43.8 Å².